The zero-order valence-corrected chi connectivity index (χ0v) is 11.0. The van der Waals surface area contributed by atoms with E-state index in [0.717, 1.165) is 25.5 Å². The summed E-state index contributed by atoms with van der Waals surface area (Å²) in [5.41, 5.74) is 5.60. The predicted molar refractivity (Wildman–Crippen MR) is 68.5 cm³/mol. The Labute approximate surface area is 100 Å². The highest BCUT2D eigenvalue weighted by atomic mass is 16.5. The molecule has 1 rings (SSSR count). The van der Waals surface area contributed by atoms with E-state index in [1.165, 1.54) is 38.8 Å². The number of likely N-dealkylation sites (tertiary alicyclic amines) is 1. The van der Waals surface area contributed by atoms with Gasteiger partial charge in [-0.15, -0.1) is 0 Å². The van der Waals surface area contributed by atoms with Crippen molar-refractivity contribution in [2.45, 2.75) is 45.1 Å². The summed E-state index contributed by atoms with van der Waals surface area (Å²) in [7, 11) is 1.80. The molecule has 2 N–H and O–H groups in total. The van der Waals surface area contributed by atoms with Crippen molar-refractivity contribution in [3.05, 3.63) is 0 Å². The van der Waals surface area contributed by atoms with Crippen molar-refractivity contribution in [2.24, 2.45) is 11.7 Å². The quantitative estimate of drug-likeness (QED) is 0.723. The molecule has 1 fully saturated rings. The van der Waals surface area contributed by atoms with E-state index >= 15 is 0 Å². The number of hydrogen-bond donors (Lipinski definition) is 1. The largest absolute Gasteiger partial charge is 0.383 e. The number of nitrogens with two attached hydrogens (primary N) is 1. The molecule has 0 aromatic rings. The van der Waals surface area contributed by atoms with Crippen molar-refractivity contribution in [3.63, 3.8) is 0 Å². The second-order valence-electron chi connectivity index (χ2n) is 4.95. The molecule has 0 saturated carbocycles. The van der Waals surface area contributed by atoms with Crippen LogP contribution in [0, 0.1) is 5.92 Å². The van der Waals surface area contributed by atoms with Gasteiger partial charge in [-0.2, -0.15) is 0 Å². The summed E-state index contributed by atoms with van der Waals surface area (Å²) < 4.78 is 5.34. The second-order valence-corrected chi connectivity index (χ2v) is 4.95. The van der Waals surface area contributed by atoms with Gasteiger partial charge in [0.1, 0.15) is 0 Å². The van der Waals surface area contributed by atoms with Crippen molar-refractivity contribution in [2.75, 3.05) is 33.4 Å². The first-order chi connectivity index (χ1) is 7.81. The smallest absolute Gasteiger partial charge is 0.0618 e. The van der Waals surface area contributed by atoms with Gasteiger partial charge in [0.25, 0.3) is 0 Å². The van der Waals surface area contributed by atoms with Gasteiger partial charge in [0.15, 0.2) is 0 Å². The first-order valence-electron chi connectivity index (χ1n) is 6.74. The van der Waals surface area contributed by atoms with Gasteiger partial charge in [0.2, 0.25) is 0 Å². The molecule has 2 unspecified atom stereocenters. The summed E-state index contributed by atoms with van der Waals surface area (Å²) in [6.45, 7) is 6.46. The molecule has 1 aliphatic rings. The molecule has 0 amide bonds. The van der Waals surface area contributed by atoms with E-state index in [-0.39, 0.29) is 0 Å². The van der Waals surface area contributed by atoms with Gasteiger partial charge >= 0.3 is 0 Å². The lowest BCUT2D eigenvalue weighted by Gasteiger charge is -2.38. The van der Waals surface area contributed by atoms with Crippen molar-refractivity contribution >= 4 is 0 Å². The van der Waals surface area contributed by atoms with Crippen molar-refractivity contribution in [1.82, 2.24) is 4.90 Å². The minimum atomic E-state index is 0.586. The molecule has 0 bridgehead atoms. The second kappa shape index (κ2) is 8.04. The van der Waals surface area contributed by atoms with Gasteiger partial charge in [-0.1, -0.05) is 13.3 Å². The summed E-state index contributed by atoms with van der Waals surface area (Å²) in [6, 6.07) is 0.586. The van der Waals surface area contributed by atoms with Gasteiger partial charge in [-0.25, -0.2) is 0 Å². The van der Waals surface area contributed by atoms with Crippen LogP contribution in [0.1, 0.15) is 39.0 Å². The lowest BCUT2D eigenvalue weighted by atomic mass is 9.94. The Morgan fingerprint density at radius 2 is 2.31 bits per heavy atom. The Morgan fingerprint density at radius 3 is 2.94 bits per heavy atom. The van der Waals surface area contributed by atoms with E-state index in [4.69, 9.17) is 10.5 Å². The van der Waals surface area contributed by atoms with Crippen LogP contribution >= 0.6 is 0 Å². The Morgan fingerprint density at radius 1 is 1.50 bits per heavy atom. The number of nitrogens with zero attached hydrogens (tertiary/aromatic N) is 1. The van der Waals surface area contributed by atoms with Gasteiger partial charge in [0, 0.05) is 19.7 Å². The van der Waals surface area contributed by atoms with Crippen LogP contribution in [0.3, 0.4) is 0 Å². The third-order valence-electron chi connectivity index (χ3n) is 3.74. The molecule has 3 heteroatoms. The van der Waals surface area contributed by atoms with E-state index in [2.05, 4.69) is 11.8 Å². The van der Waals surface area contributed by atoms with Crippen molar-refractivity contribution in [1.29, 1.82) is 0 Å². The molecule has 0 aromatic carbocycles. The molecule has 2 atom stereocenters. The van der Waals surface area contributed by atoms with Gasteiger partial charge in [-0.05, 0) is 44.7 Å². The first kappa shape index (κ1) is 13.9. The van der Waals surface area contributed by atoms with E-state index in [9.17, 15) is 0 Å². The van der Waals surface area contributed by atoms with Crippen LogP contribution in [0.4, 0.5) is 0 Å². The number of methoxy groups -OCH3 is 1. The molecule has 0 aliphatic carbocycles. The maximum Gasteiger partial charge on any atom is 0.0618 e. The summed E-state index contributed by atoms with van der Waals surface area (Å²) >= 11 is 0. The highest BCUT2D eigenvalue weighted by Gasteiger charge is 2.24. The Hall–Kier alpha value is -0.120. The van der Waals surface area contributed by atoms with Crippen molar-refractivity contribution in [3.8, 4) is 0 Å². The third kappa shape index (κ3) is 4.40. The predicted octanol–water partition coefficient (Wildman–Crippen LogP) is 1.86. The highest BCUT2D eigenvalue weighted by Crippen LogP contribution is 2.22. The average Bonchev–Trinajstić information content (AvgIpc) is 2.34. The van der Waals surface area contributed by atoms with Crippen LogP contribution in [0.15, 0.2) is 0 Å². The van der Waals surface area contributed by atoms with Crippen LogP contribution < -0.4 is 5.73 Å². The molecule has 0 aromatic heterocycles. The van der Waals surface area contributed by atoms with Gasteiger partial charge in [-0.3, -0.25) is 4.90 Å². The minimum absolute atomic E-state index is 0.586. The number of rotatable bonds is 7. The van der Waals surface area contributed by atoms with E-state index in [1.807, 2.05) is 0 Å². The summed E-state index contributed by atoms with van der Waals surface area (Å²) in [5, 5.41) is 0. The van der Waals surface area contributed by atoms with Crippen LogP contribution in [-0.2, 0) is 4.74 Å². The molecule has 0 spiro atoms. The molecule has 96 valence electrons. The van der Waals surface area contributed by atoms with E-state index < -0.39 is 0 Å². The maximum absolute atomic E-state index is 5.60. The summed E-state index contributed by atoms with van der Waals surface area (Å²) in [6.07, 6.45) is 6.36. The van der Waals surface area contributed by atoms with Crippen LogP contribution in [0.2, 0.25) is 0 Å². The maximum atomic E-state index is 5.60. The Kier molecular flexibility index (Phi) is 7.01. The SMILES string of the molecule is CCC1CCCN(C(CCCN)COC)C1. The molecule has 3 nitrogen and oxygen atoms in total. The number of hydrogen-bond acceptors (Lipinski definition) is 3. The Balaban J connectivity index is 2.41. The normalized spacial score (nSPS) is 24.6. The highest BCUT2D eigenvalue weighted by molar-refractivity contribution is 4.78. The number of piperidine rings is 1. The fourth-order valence-corrected chi connectivity index (χ4v) is 2.68. The average molecular weight is 228 g/mol. The van der Waals surface area contributed by atoms with E-state index in [0.29, 0.717) is 6.04 Å². The molecular formula is C13H28N2O. The van der Waals surface area contributed by atoms with Gasteiger partial charge < -0.3 is 10.5 Å². The summed E-state index contributed by atoms with van der Waals surface area (Å²) in [5.74, 6) is 0.894. The van der Waals surface area contributed by atoms with Crippen LogP contribution in [0.5, 0.6) is 0 Å². The molecule has 1 saturated heterocycles. The van der Waals surface area contributed by atoms with Crippen LogP contribution in [0.25, 0.3) is 0 Å². The summed E-state index contributed by atoms with van der Waals surface area (Å²) in [4.78, 5) is 2.62. The fourth-order valence-electron chi connectivity index (χ4n) is 2.68. The van der Waals surface area contributed by atoms with E-state index in [1.54, 1.807) is 7.11 Å². The van der Waals surface area contributed by atoms with Crippen LogP contribution in [-0.4, -0.2) is 44.3 Å². The zero-order chi connectivity index (χ0) is 11.8. The van der Waals surface area contributed by atoms with Crippen molar-refractivity contribution < 1.29 is 4.74 Å². The molecule has 0 radical (unpaired) electrons. The standard InChI is InChI=1S/C13H28N2O/c1-3-12-6-5-9-15(10-12)13(11-16-2)7-4-8-14/h12-13H,3-11,14H2,1-2H3. The molecule has 1 heterocycles. The molecular weight excluding hydrogens is 200 g/mol. The first-order valence-corrected chi connectivity index (χ1v) is 6.74. The lowest BCUT2D eigenvalue weighted by Crippen LogP contribution is -2.44. The third-order valence-corrected chi connectivity index (χ3v) is 3.74. The molecule has 1 aliphatic heterocycles. The lowest BCUT2D eigenvalue weighted by molar-refractivity contribution is 0.0537. The monoisotopic (exact) mass is 228 g/mol. The van der Waals surface area contributed by atoms with Gasteiger partial charge in [0.05, 0.1) is 6.61 Å². The Bertz CT molecular complexity index is 173. The number of ether oxygens (including phenoxy) is 1. The fraction of sp³-hybridized carbons (Fsp3) is 1.00. The topological polar surface area (TPSA) is 38.5 Å². The minimum Gasteiger partial charge on any atom is -0.383 e. The zero-order valence-electron chi connectivity index (χ0n) is 11.0. The molecule has 16 heavy (non-hydrogen) atoms.